The maximum Gasteiger partial charge on any atom is 0.303 e. The molecule has 4 nitrogen and oxygen atoms in total. The van der Waals surface area contributed by atoms with Gasteiger partial charge < -0.3 is 10.0 Å². The van der Waals surface area contributed by atoms with Gasteiger partial charge in [-0.15, -0.1) is 0 Å². The van der Waals surface area contributed by atoms with Crippen LogP contribution in [-0.4, -0.2) is 35.5 Å². The summed E-state index contributed by atoms with van der Waals surface area (Å²) in [6.07, 6.45) is 5.18. The Kier molecular flexibility index (Phi) is 4.77. The van der Waals surface area contributed by atoms with Gasteiger partial charge in [-0.2, -0.15) is 0 Å². The Morgan fingerprint density at radius 3 is 2.60 bits per heavy atom. The van der Waals surface area contributed by atoms with Crippen LogP contribution in [0.15, 0.2) is 18.2 Å². The molecule has 0 aliphatic heterocycles. The Labute approximate surface area is 119 Å². The van der Waals surface area contributed by atoms with Crippen molar-refractivity contribution in [3.63, 3.8) is 0 Å². The topological polar surface area (TPSA) is 57.6 Å². The van der Waals surface area contributed by atoms with E-state index in [1.165, 1.54) is 24.0 Å². The first kappa shape index (κ1) is 14.6. The molecule has 0 unspecified atom stereocenters. The van der Waals surface area contributed by atoms with Crippen LogP contribution in [0.5, 0.6) is 0 Å². The van der Waals surface area contributed by atoms with Crippen LogP contribution < -0.4 is 0 Å². The molecule has 108 valence electrons. The van der Waals surface area contributed by atoms with Gasteiger partial charge in [-0.1, -0.05) is 6.07 Å². The zero-order valence-electron chi connectivity index (χ0n) is 11.9. The second-order valence-electron chi connectivity index (χ2n) is 5.41. The van der Waals surface area contributed by atoms with Gasteiger partial charge in [0.15, 0.2) is 0 Å². The minimum absolute atomic E-state index is 0.0243. The van der Waals surface area contributed by atoms with Gasteiger partial charge in [0.05, 0.1) is 0 Å². The molecule has 1 aliphatic rings. The molecule has 0 spiro atoms. The van der Waals surface area contributed by atoms with Gasteiger partial charge in [0, 0.05) is 25.6 Å². The number of aryl methyl sites for hydroxylation is 2. The molecule has 0 radical (unpaired) electrons. The molecule has 0 heterocycles. The first-order valence-electron chi connectivity index (χ1n) is 7.17. The molecule has 4 heteroatoms. The van der Waals surface area contributed by atoms with Gasteiger partial charge in [-0.05, 0) is 55.4 Å². The molecular formula is C16H21NO3. The summed E-state index contributed by atoms with van der Waals surface area (Å²) in [4.78, 5) is 24.4. The van der Waals surface area contributed by atoms with E-state index in [0.29, 0.717) is 18.5 Å². The van der Waals surface area contributed by atoms with Crippen LogP contribution in [0.2, 0.25) is 0 Å². The number of hydrogen-bond donors (Lipinski definition) is 1. The summed E-state index contributed by atoms with van der Waals surface area (Å²) in [6.45, 7) is 0.474. The fourth-order valence-corrected chi connectivity index (χ4v) is 2.66. The summed E-state index contributed by atoms with van der Waals surface area (Å²) >= 11 is 0. The van der Waals surface area contributed by atoms with Crippen molar-refractivity contribution >= 4 is 11.9 Å². The standard InChI is InChI=1S/C16H21NO3/c1-17(10-4-7-15(18)19)16(20)14-9-8-12-5-2-3-6-13(12)11-14/h8-9,11H,2-7,10H2,1H3,(H,18,19). The lowest BCUT2D eigenvalue weighted by Gasteiger charge is -2.20. The minimum atomic E-state index is -0.820. The van der Waals surface area contributed by atoms with E-state index in [0.717, 1.165) is 12.8 Å². The second-order valence-corrected chi connectivity index (χ2v) is 5.41. The monoisotopic (exact) mass is 275 g/mol. The largest absolute Gasteiger partial charge is 0.481 e. The van der Waals surface area contributed by atoms with Crippen molar-refractivity contribution in [1.29, 1.82) is 0 Å². The van der Waals surface area contributed by atoms with Gasteiger partial charge >= 0.3 is 5.97 Å². The van der Waals surface area contributed by atoms with Crippen LogP contribution >= 0.6 is 0 Å². The number of benzene rings is 1. The molecule has 0 bridgehead atoms. The van der Waals surface area contributed by atoms with Crippen LogP contribution in [0, 0.1) is 0 Å². The molecule has 1 aromatic carbocycles. The Bertz CT molecular complexity index is 510. The zero-order chi connectivity index (χ0) is 14.5. The molecule has 0 aromatic heterocycles. The van der Waals surface area contributed by atoms with Crippen LogP contribution in [0.25, 0.3) is 0 Å². The van der Waals surface area contributed by atoms with E-state index in [1.807, 2.05) is 12.1 Å². The van der Waals surface area contributed by atoms with Gasteiger partial charge in [-0.3, -0.25) is 9.59 Å². The van der Waals surface area contributed by atoms with Crippen LogP contribution in [0.3, 0.4) is 0 Å². The predicted octanol–water partition coefficient (Wildman–Crippen LogP) is 2.50. The van der Waals surface area contributed by atoms with E-state index in [2.05, 4.69) is 6.07 Å². The van der Waals surface area contributed by atoms with E-state index in [-0.39, 0.29) is 12.3 Å². The molecule has 20 heavy (non-hydrogen) atoms. The first-order valence-corrected chi connectivity index (χ1v) is 7.17. The molecule has 0 saturated carbocycles. The summed E-state index contributed by atoms with van der Waals surface area (Å²) in [5.74, 6) is -0.844. The third-order valence-corrected chi connectivity index (χ3v) is 3.83. The van der Waals surface area contributed by atoms with E-state index in [9.17, 15) is 9.59 Å². The molecular weight excluding hydrogens is 254 g/mol. The molecule has 0 saturated heterocycles. The third kappa shape index (κ3) is 3.59. The lowest BCUT2D eigenvalue weighted by atomic mass is 9.90. The van der Waals surface area contributed by atoms with E-state index < -0.39 is 5.97 Å². The number of hydrogen-bond acceptors (Lipinski definition) is 2. The molecule has 0 atom stereocenters. The van der Waals surface area contributed by atoms with Crippen molar-refractivity contribution in [3.8, 4) is 0 Å². The van der Waals surface area contributed by atoms with E-state index >= 15 is 0 Å². The maximum absolute atomic E-state index is 12.3. The smallest absolute Gasteiger partial charge is 0.303 e. The second kappa shape index (κ2) is 6.55. The SMILES string of the molecule is CN(CCCC(=O)O)C(=O)c1ccc2c(c1)CCCC2. The highest BCUT2D eigenvalue weighted by molar-refractivity contribution is 5.94. The highest BCUT2D eigenvalue weighted by Crippen LogP contribution is 2.22. The number of amides is 1. The van der Waals surface area contributed by atoms with E-state index in [4.69, 9.17) is 5.11 Å². The highest BCUT2D eigenvalue weighted by atomic mass is 16.4. The lowest BCUT2D eigenvalue weighted by molar-refractivity contribution is -0.137. The molecule has 0 fully saturated rings. The molecule has 1 aliphatic carbocycles. The average molecular weight is 275 g/mol. The maximum atomic E-state index is 12.3. The van der Waals surface area contributed by atoms with Crippen molar-refractivity contribution in [2.24, 2.45) is 0 Å². The van der Waals surface area contributed by atoms with Gasteiger partial charge in [0.25, 0.3) is 5.91 Å². The van der Waals surface area contributed by atoms with Crippen molar-refractivity contribution in [2.45, 2.75) is 38.5 Å². The van der Waals surface area contributed by atoms with Crippen LogP contribution in [0.1, 0.15) is 47.2 Å². The van der Waals surface area contributed by atoms with Crippen LogP contribution in [0.4, 0.5) is 0 Å². The number of rotatable bonds is 5. The summed E-state index contributed by atoms with van der Waals surface area (Å²) in [6, 6.07) is 5.96. The Balaban J connectivity index is 1.99. The van der Waals surface area contributed by atoms with Gasteiger partial charge in [0.2, 0.25) is 0 Å². The summed E-state index contributed by atoms with van der Waals surface area (Å²) in [5, 5.41) is 8.61. The third-order valence-electron chi connectivity index (χ3n) is 3.83. The van der Waals surface area contributed by atoms with Crippen molar-refractivity contribution < 1.29 is 14.7 Å². The summed E-state index contributed by atoms with van der Waals surface area (Å²) < 4.78 is 0. The highest BCUT2D eigenvalue weighted by Gasteiger charge is 2.15. The number of carbonyl (C=O) groups is 2. The van der Waals surface area contributed by atoms with Crippen molar-refractivity contribution in [1.82, 2.24) is 4.90 Å². The fraction of sp³-hybridized carbons (Fsp3) is 0.500. The lowest BCUT2D eigenvalue weighted by Crippen LogP contribution is -2.28. The molecule has 1 amide bonds. The van der Waals surface area contributed by atoms with Crippen molar-refractivity contribution in [3.05, 3.63) is 34.9 Å². The van der Waals surface area contributed by atoms with Gasteiger partial charge in [0.1, 0.15) is 0 Å². The Morgan fingerprint density at radius 2 is 1.90 bits per heavy atom. The summed E-state index contributed by atoms with van der Waals surface area (Å²) in [7, 11) is 1.73. The quantitative estimate of drug-likeness (QED) is 0.898. The molecule has 1 aromatic rings. The molecule has 2 rings (SSSR count). The Morgan fingerprint density at radius 1 is 1.20 bits per heavy atom. The van der Waals surface area contributed by atoms with Crippen molar-refractivity contribution in [2.75, 3.05) is 13.6 Å². The minimum Gasteiger partial charge on any atom is -0.481 e. The normalized spacial score (nSPS) is 13.7. The molecule has 1 N–H and O–H groups in total. The number of carbonyl (C=O) groups excluding carboxylic acids is 1. The number of fused-ring (bicyclic) bond motifs is 1. The number of nitrogens with zero attached hydrogens (tertiary/aromatic N) is 1. The van der Waals surface area contributed by atoms with Crippen LogP contribution in [-0.2, 0) is 17.6 Å². The van der Waals surface area contributed by atoms with Gasteiger partial charge in [-0.25, -0.2) is 0 Å². The van der Waals surface area contributed by atoms with E-state index in [1.54, 1.807) is 11.9 Å². The average Bonchev–Trinajstić information content (AvgIpc) is 2.45. The summed E-state index contributed by atoms with van der Waals surface area (Å²) in [5.41, 5.74) is 3.37. The Hall–Kier alpha value is -1.84. The number of aliphatic carboxylic acids is 1. The first-order chi connectivity index (χ1) is 9.58. The zero-order valence-corrected chi connectivity index (χ0v) is 11.9. The number of carboxylic acids is 1. The fourth-order valence-electron chi connectivity index (χ4n) is 2.66. The predicted molar refractivity (Wildman–Crippen MR) is 76.9 cm³/mol. The number of carboxylic acid groups (broad SMARTS) is 1.